The maximum Gasteiger partial charge on any atom is 0.213 e. The lowest BCUT2D eigenvalue weighted by molar-refractivity contribution is 0.291. The summed E-state index contributed by atoms with van der Waals surface area (Å²) in [6.45, 7) is 3.08. The van der Waals surface area contributed by atoms with Crippen LogP contribution in [0.5, 0.6) is 0 Å². The van der Waals surface area contributed by atoms with Crippen molar-refractivity contribution in [2.24, 2.45) is 0 Å². The first-order valence-corrected chi connectivity index (χ1v) is 6.86. The molecule has 0 bridgehead atoms. The zero-order chi connectivity index (χ0) is 13.1. The number of nitrogens with one attached hydrogen (secondary N) is 1. The Kier molecular flexibility index (Phi) is 3.60. The Morgan fingerprint density at radius 1 is 1.37 bits per heavy atom. The minimum absolute atomic E-state index is 0.636. The van der Waals surface area contributed by atoms with Gasteiger partial charge in [0.25, 0.3) is 0 Å². The smallest absolute Gasteiger partial charge is 0.213 e. The molecule has 0 aliphatic heterocycles. The number of aromatic nitrogens is 2. The maximum atomic E-state index is 4.71. The molecule has 2 aromatic rings. The highest BCUT2D eigenvalue weighted by Gasteiger charge is 2.29. The molecule has 19 heavy (non-hydrogen) atoms. The van der Waals surface area contributed by atoms with Crippen molar-refractivity contribution >= 4 is 0 Å². The van der Waals surface area contributed by atoms with E-state index in [-0.39, 0.29) is 0 Å². The van der Waals surface area contributed by atoms with Crippen molar-refractivity contribution in [3.63, 3.8) is 0 Å². The van der Waals surface area contributed by atoms with Crippen molar-refractivity contribution in [2.45, 2.75) is 38.1 Å². The second kappa shape index (κ2) is 5.53. The Hall–Kier alpha value is -1.68. The van der Waals surface area contributed by atoms with Gasteiger partial charge in [-0.25, -0.2) is 0 Å². The Morgan fingerprint density at radius 3 is 3.00 bits per heavy atom. The summed E-state index contributed by atoms with van der Waals surface area (Å²) in [5.41, 5.74) is 2.84. The molecule has 0 atom stereocenters. The van der Waals surface area contributed by atoms with Crippen LogP contribution in [-0.2, 0) is 6.42 Å². The van der Waals surface area contributed by atoms with Gasteiger partial charge in [-0.1, -0.05) is 35.0 Å². The lowest BCUT2D eigenvalue weighted by Crippen LogP contribution is -2.41. The molecule has 0 unspecified atom stereocenters. The van der Waals surface area contributed by atoms with E-state index in [4.69, 9.17) is 4.52 Å². The third-order valence-corrected chi connectivity index (χ3v) is 3.84. The Bertz CT molecular complexity index is 518. The molecule has 0 radical (unpaired) electrons. The molecule has 1 aromatic heterocycles. The fourth-order valence-electron chi connectivity index (χ4n) is 2.67. The molecule has 1 N–H and O–H groups in total. The fourth-order valence-corrected chi connectivity index (χ4v) is 2.67. The molecule has 4 nitrogen and oxygen atoms in total. The highest BCUT2D eigenvalue weighted by Crippen LogP contribution is 2.36. The van der Waals surface area contributed by atoms with Crippen LogP contribution in [0.15, 0.2) is 35.2 Å². The Labute approximate surface area is 113 Å². The number of aryl methyl sites for hydroxylation is 1. The Balaban J connectivity index is 1.41. The average molecular weight is 257 g/mol. The summed E-state index contributed by atoms with van der Waals surface area (Å²) in [5, 5.41) is 7.35. The van der Waals surface area contributed by atoms with Gasteiger partial charge in [-0.15, -0.1) is 0 Å². The van der Waals surface area contributed by atoms with Crippen molar-refractivity contribution < 1.29 is 4.52 Å². The third kappa shape index (κ3) is 3.01. The number of rotatable bonds is 5. The Morgan fingerprint density at radius 2 is 2.26 bits per heavy atom. The van der Waals surface area contributed by atoms with Crippen molar-refractivity contribution in [1.82, 2.24) is 15.5 Å². The molecular formula is C15H19N3O. The lowest BCUT2D eigenvalue weighted by Gasteiger charge is -2.36. The van der Waals surface area contributed by atoms with Crippen LogP contribution in [0.1, 0.15) is 35.7 Å². The second-order valence-electron chi connectivity index (χ2n) is 5.33. The summed E-state index contributed by atoms with van der Waals surface area (Å²) < 4.78 is 4.71. The van der Waals surface area contributed by atoms with Gasteiger partial charge in [-0.2, -0.15) is 4.98 Å². The zero-order valence-electron chi connectivity index (χ0n) is 11.2. The van der Waals surface area contributed by atoms with Crippen molar-refractivity contribution in [1.29, 1.82) is 0 Å². The van der Waals surface area contributed by atoms with Gasteiger partial charge in [0.2, 0.25) is 6.39 Å². The normalized spacial score (nSPS) is 22.2. The predicted octanol–water partition coefficient (Wildman–Crippen LogP) is 2.46. The van der Waals surface area contributed by atoms with E-state index in [0.29, 0.717) is 6.04 Å². The van der Waals surface area contributed by atoms with Gasteiger partial charge in [0.1, 0.15) is 0 Å². The molecule has 1 saturated carbocycles. The van der Waals surface area contributed by atoms with Crippen LogP contribution in [0.2, 0.25) is 0 Å². The molecule has 1 heterocycles. The lowest BCUT2D eigenvalue weighted by atomic mass is 9.75. The number of benzene rings is 1. The molecule has 1 aliphatic carbocycles. The molecular weight excluding hydrogens is 238 g/mol. The third-order valence-electron chi connectivity index (χ3n) is 3.84. The summed E-state index contributed by atoms with van der Waals surface area (Å²) in [4.78, 5) is 4.01. The average Bonchev–Trinajstić information content (AvgIpc) is 2.85. The fraction of sp³-hybridized carbons (Fsp3) is 0.467. The van der Waals surface area contributed by atoms with Gasteiger partial charge < -0.3 is 9.84 Å². The highest BCUT2D eigenvalue weighted by molar-refractivity contribution is 5.27. The van der Waals surface area contributed by atoms with Crippen molar-refractivity contribution in [3.05, 3.63) is 47.6 Å². The second-order valence-corrected chi connectivity index (χ2v) is 5.33. The molecule has 100 valence electrons. The van der Waals surface area contributed by atoms with Crippen LogP contribution in [0.4, 0.5) is 0 Å². The minimum Gasteiger partial charge on any atom is -0.343 e. The minimum atomic E-state index is 0.636. The molecule has 0 amide bonds. The quantitative estimate of drug-likeness (QED) is 0.894. The summed E-state index contributed by atoms with van der Waals surface area (Å²) in [7, 11) is 0. The van der Waals surface area contributed by atoms with Crippen molar-refractivity contribution in [2.75, 3.05) is 6.54 Å². The van der Waals surface area contributed by atoms with Gasteiger partial charge in [-0.05, 0) is 31.2 Å². The van der Waals surface area contributed by atoms with Gasteiger partial charge >= 0.3 is 0 Å². The van der Waals surface area contributed by atoms with Crippen LogP contribution in [0.3, 0.4) is 0 Å². The summed E-state index contributed by atoms with van der Waals surface area (Å²) in [6.07, 6.45) is 4.68. The van der Waals surface area contributed by atoms with E-state index in [1.807, 2.05) is 0 Å². The van der Waals surface area contributed by atoms with Crippen molar-refractivity contribution in [3.8, 4) is 0 Å². The molecule has 4 heteroatoms. The van der Waals surface area contributed by atoms with Crippen LogP contribution in [0.25, 0.3) is 0 Å². The first-order valence-electron chi connectivity index (χ1n) is 6.86. The van der Waals surface area contributed by atoms with Gasteiger partial charge in [0.05, 0.1) is 0 Å². The largest absolute Gasteiger partial charge is 0.343 e. The molecule has 0 saturated heterocycles. The first-order chi connectivity index (χ1) is 9.31. The summed E-state index contributed by atoms with van der Waals surface area (Å²) in [6, 6.07) is 9.50. The number of nitrogens with zero attached hydrogens (tertiary/aromatic N) is 2. The van der Waals surface area contributed by atoms with Crippen LogP contribution < -0.4 is 5.32 Å². The molecule has 1 aliphatic rings. The van der Waals surface area contributed by atoms with Gasteiger partial charge in [0.15, 0.2) is 5.82 Å². The van der Waals surface area contributed by atoms with Crippen LogP contribution >= 0.6 is 0 Å². The monoisotopic (exact) mass is 257 g/mol. The topological polar surface area (TPSA) is 51.0 Å². The van der Waals surface area contributed by atoms with E-state index < -0.39 is 0 Å². The number of hydrogen-bond acceptors (Lipinski definition) is 4. The number of hydrogen-bond donors (Lipinski definition) is 1. The highest BCUT2D eigenvalue weighted by atomic mass is 16.5. The van der Waals surface area contributed by atoms with Crippen LogP contribution in [0, 0.1) is 6.92 Å². The molecule has 3 rings (SSSR count). The summed E-state index contributed by atoms with van der Waals surface area (Å²) in [5.74, 6) is 1.50. The van der Waals surface area contributed by atoms with E-state index in [1.165, 1.54) is 30.4 Å². The van der Waals surface area contributed by atoms with Gasteiger partial charge in [-0.3, -0.25) is 0 Å². The van der Waals surface area contributed by atoms with Crippen LogP contribution in [-0.4, -0.2) is 22.7 Å². The SMILES string of the molecule is Cc1cccc(C2CC(NCCc3ncon3)C2)c1. The molecule has 1 aromatic carbocycles. The zero-order valence-corrected chi connectivity index (χ0v) is 11.2. The summed E-state index contributed by atoms with van der Waals surface area (Å²) >= 11 is 0. The van der Waals surface area contributed by atoms with E-state index in [2.05, 4.69) is 46.6 Å². The standard InChI is InChI=1S/C15H19N3O/c1-11-3-2-4-12(7-11)13-8-14(9-13)16-6-5-15-17-10-19-18-15/h2-4,7,10,13-14,16H,5-6,8-9H2,1H3. The maximum absolute atomic E-state index is 4.71. The van der Waals surface area contributed by atoms with Gasteiger partial charge in [0, 0.05) is 19.0 Å². The molecule has 0 spiro atoms. The van der Waals surface area contributed by atoms with E-state index >= 15 is 0 Å². The van der Waals surface area contributed by atoms with E-state index in [9.17, 15) is 0 Å². The predicted molar refractivity (Wildman–Crippen MR) is 72.9 cm³/mol. The first kappa shape index (κ1) is 12.4. The van der Waals surface area contributed by atoms with E-state index in [0.717, 1.165) is 24.7 Å². The van der Waals surface area contributed by atoms with E-state index in [1.54, 1.807) is 0 Å². The molecule has 1 fully saturated rings.